The van der Waals surface area contributed by atoms with Gasteiger partial charge < -0.3 is 15.8 Å². The maximum atomic E-state index is 13.0. The van der Waals surface area contributed by atoms with E-state index in [2.05, 4.69) is 10.3 Å². The molecule has 0 fully saturated rings. The maximum absolute atomic E-state index is 13.0. The van der Waals surface area contributed by atoms with Crippen LogP contribution in [0.15, 0.2) is 65.9 Å². The van der Waals surface area contributed by atoms with Gasteiger partial charge in [0.05, 0.1) is 22.0 Å². The third-order valence-electron chi connectivity index (χ3n) is 4.96. The fourth-order valence-electron chi connectivity index (χ4n) is 3.57. The number of carbonyl (C=O) groups excluding carboxylic acids is 2. The van der Waals surface area contributed by atoms with E-state index in [0.29, 0.717) is 28.3 Å². The standard InChI is InChI=1S/C25H23ClN4O3/c1-25(2,3)33-24(32)17-9-7-16(12-19(17)26)29-22(14-5-4-10-28-13-14)21-18-8-6-15(27)11-20(18)30-23(21)31/h4-13,21H,27H2,1-3H3,(H,30,31). The van der Waals surface area contributed by atoms with Crippen molar-refractivity contribution in [2.45, 2.75) is 32.3 Å². The van der Waals surface area contributed by atoms with E-state index in [4.69, 9.17) is 27.1 Å². The summed E-state index contributed by atoms with van der Waals surface area (Å²) in [6, 6.07) is 13.7. The fourth-order valence-corrected chi connectivity index (χ4v) is 3.82. The molecule has 2 aromatic carbocycles. The minimum atomic E-state index is -0.658. The molecule has 1 amide bonds. The molecule has 1 atom stereocenters. The van der Waals surface area contributed by atoms with Gasteiger partial charge in [0.1, 0.15) is 11.5 Å². The highest BCUT2D eigenvalue weighted by Crippen LogP contribution is 2.37. The van der Waals surface area contributed by atoms with E-state index >= 15 is 0 Å². The van der Waals surface area contributed by atoms with Crippen LogP contribution in [0.1, 0.15) is 48.2 Å². The lowest BCUT2D eigenvalue weighted by molar-refractivity contribution is -0.115. The number of nitrogens with one attached hydrogen (secondary N) is 1. The van der Waals surface area contributed by atoms with Crippen LogP contribution in [0.4, 0.5) is 17.1 Å². The molecule has 3 N–H and O–H groups in total. The van der Waals surface area contributed by atoms with Crippen LogP contribution < -0.4 is 11.1 Å². The van der Waals surface area contributed by atoms with Crippen LogP contribution >= 0.6 is 11.6 Å². The van der Waals surface area contributed by atoms with Crippen molar-refractivity contribution in [2.24, 2.45) is 4.99 Å². The molecule has 8 heteroatoms. The molecule has 0 saturated heterocycles. The largest absolute Gasteiger partial charge is 0.456 e. The lowest BCUT2D eigenvalue weighted by Gasteiger charge is -2.20. The molecule has 0 bridgehead atoms. The van der Waals surface area contributed by atoms with Gasteiger partial charge in [0.15, 0.2) is 0 Å². The minimum absolute atomic E-state index is 0.208. The molecule has 0 aliphatic carbocycles. The Morgan fingerprint density at radius 2 is 1.97 bits per heavy atom. The summed E-state index contributed by atoms with van der Waals surface area (Å²) in [6.45, 7) is 5.36. The summed E-state index contributed by atoms with van der Waals surface area (Å²) in [4.78, 5) is 34.3. The van der Waals surface area contributed by atoms with Crippen molar-refractivity contribution in [3.63, 3.8) is 0 Å². The number of nitrogens with zero attached hydrogens (tertiary/aromatic N) is 2. The van der Waals surface area contributed by atoms with Crippen molar-refractivity contribution in [2.75, 3.05) is 11.1 Å². The van der Waals surface area contributed by atoms with Gasteiger partial charge in [0, 0.05) is 29.3 Å². The van der Waals surface area contributed by atoms with Crippen LogP contribution in [-0.4, -0.2) is 28.2 Å². The number of hydrogen-bond donors (Lipinski definition) is 2. The number of fused-ring (bicyclic) bond motifs is 1. The average Bonchev–Trinajstić information content (AvgIpc) is 3.06. The first-order valence-electron chi connectivity index (χ1n) is 10.3. The minimum Gasteiger partial charge on any atom is -0.456 e. The number of rotatable bonds is 4. The number of halogens is 1. The Hall–Kier alpha value is -3.71. The Labute approximate surface area is 196 Å². The lowest BCUT2D eigenvalue weighted by atomic mass is 9.91. The van der Waals surface area contributed by atoms with Gasteiger partial charge in [0.2, 0.25) is 5.91 Å². The quantitative estimate of drug-likeness (QED) is 0.317. The highest BCUT2D eigenvalue weighted by Gasteiger charge is 2.35. The van der Waals surface area contributed by atoms with Crippen molar-refractivity contribution in [3.8, 4) is 0 Å². The number of benzene rings is 2. The number of anilines is 2. The second kappa shape index (κ2) is 8.67. The molecule has 0 radical (unpaired) electrons. The number of nitrogens with two attached hydrogens (primary N) is 1. The summed E-state index contributed by atoms with van der Waals surface area (Å²) in [5.41, 5.74) is 9.15. The highest BCUT2D eigenvalue weighted by molar-refractivity contribution is 6.34. The Morgan fingerprint density at radius 1 is 1.18 bits per heavy atom. The Morgan fingerprint density at radius 3 is 2.64 bits per heavy atom. The average molecular weight is 463 g/mol. The molecule has 3 aromatic rings. The number of hydrogen-bond acceptors (Lipinski definition) is 6. The second-order valence-corrected chi connectivity index (χ2v) is 9.08. The zero-order chi connectivity index (χ0) is 23.8. The van der Waals surface area contributed by atoms with Gasteiger partial charge in [-0.25, -0.2) is 4.79 Å². The summed E-state index contributed by atoms with van der Waals surface area (Å²) < 4.78 is 5.41. The smallest absolute Gasteiger partial charge is 0.340 e. The van der Waals surface area contributed by atoms with Gasteiger partial charge in [-0.2, -0.15) is 0 Å². The number of aliphatic imine (C=N–C) groups is 1. The van der Waals surface area contributed by atoms with E-state index in [1.807, 2.05) is 12.1 Å². The van der Waals surface area contributed by atoms with Crippen LogP contribution in [0, 0.1) is 0 Å². The topological polar surface area (TPSA) is 107 Å². The molecule has 2 heterocycles. The van der Waals surface area contributed by atoms with Crippen LogP contribution in [0.25, 0.3) is 0 Å². The zero-order valence-electron chi connectivity index (χ0n) is 18.4. The lowest BCUT2D eigenvalue weighted by Crippen LogP contribution is -2.24. The summed E-state index contributed by atoms with van der Waals surface area (Å²) in [5, 5.41) is 3.08. The SMILES string of the molecule is CC(C)(C)OC(=O)c1ccc(N=C(c2cccnc2)C2C(=O)Nc3cc(N)ccc32)cc1Cl. The summed E-state index contributed by atoms with van der Waals surface area (Å²) in [5.74, 6) is -1.39. The van der Waals surface area contributed by atoms with E-state index < -0.39 is 17.5 Å². The first kappa shape index (κ1) is 22.5. The van der Waals surface area contributed by atoms with E-state index in [-0.39, 0.29) is 16.5 Å². The van der Waals surface area contributed by atoms with Gasteiger partial charge in [-0.15, -0.1) is 0 Å². The van der Waals surface area contributed by atoms with E-state index in [9.17, 15) is 9.59 Å². The van der Waals surface area contributed by atoms with Gasteiger partial charge >= 0.3 is 5.97 Å². The predicted molar refractivity (Wildman–Crippen MR) is 129 cm³/mol. The number of amides is 1. The second-order valence-electron chi connectivity index (χ2n) is 8.67. The summed E-state index contributed by atoms with van der Waals surface area (Å²) >= 11 is 6.39. The van der Waals surface area contributed by atoms with Crippen molar-refractivity contribution in [1.82, 2.24) is 4.98 Å². The molecule has 7 nitrogen and oxygen atoms in total. The van der Waals surface area contributed by atoms with Crippen molar-refractivity contribution >= 4 is 46.3 Å². The van der Waals surface area contributed by atoms with Crippen molar-refractivity contribution < 1.29 is 14.3 Å². The molecule has 1 aliphatic rings. The number of esters is 1. The summed E-state index contributed by atoms with van der Waals surface area (Å²) in [6.07, 6.45) is 3.30. The van der Waals surface area contributed by atoms with Crippen molar-refractivity contribution in [3.05, 3.63) is 82.6 Å². The molecule has 33 heavy (non-hydrogen) atoms. The van der Waals surface area contributed by atoms with Crippen LogP contribution in [0.2, 0.25) is 5.02 Å². The molecular weight excluding hydrogens is 440 g/mol. The molecule has 1 aromatic heterocycles. The number of aromatic nitrogens is 1. The Kier molecular flexibility index (Phi) is 5.91. The molecule has 1 aliphatic heterocycles. The summed E-state index contributed by atoms with van der Waals surface area (Å²) in [7, 11) is 0. The van der Waals surface area contributed by atoms with E-state index in [0.717, 1.165) is 5.56 Å². The van der Waals surface area contributed by atoms with Gasteiger partial charge in [-0.1, -0.05) is 23.7 Å². The molecular formula is C25H23ClN4O3. The highest BCUT2D eigenvalue weighted by atomic mass is 35.5. The normalized spacial score (nSPS) is 15.7. The third-order valence-corrected chi connectivity index (χ3v) is 5.27. The Bertz CT molecular complexity index is 1270. The van der Waals surface area contributed by atoms with E-state index in [1.165, 1.54) is 0 Å². The molecule has 0 spiro atoms. The predicted octanol–water partition coefficient (Wildman–Crippen LogP) is 5.13. The van der Waals surface area contributed by atoms with Crippen LogP contribution in [0.3, 0.4) is 0 Å². The van der Waals surface area contributed by atoms with Crippen molar-refractivity contribution in [1.29, 1.82) is 0 Å². The molecule has 0 saturated carbocycles. The first-order valence-corrected chi connectivity index (χ1v) is 10.7. The third kappa shape index (κ3) is 4.88. The van der Waals surface area contributed by atoms with Crippen LogP contribution in [0.5, 0.6) is 0 Å². The molecule has 4 rings (SSSR count). The number of pyridine rings is 1. The maximum Gasteiger partial charge on any atom is 0.340 e. The molecule has 1 unspecified atom stereocenters. The number of nitrogen functional groups attached to an aromatic ring is 1. The van der Waals surface area contributed by atoms with E-state index in [1.54, 1.807) is 69.6 Å². The van der Waals surface area contributed by atoms with Gasteiger partial charge in [-0.3, -0.25) is 14.8 Å². The monoisotopic (exact) mass is 462 g/mol. The first-order chi connectivity index (χ1) is 15.6. The fraction of sp³-hybridized carbons (Fsp3) is 0.200. The number of ether oxygens (including phenoxy) is 1. The zero-order valence-corrected chi connectivity index (χ0v) is 19.2. The number of carbonyl (C=O) groups is 2. The van der Waals surface area contributed by atoms with Gasteiger partial charge in [-0.05, 0) is 62.7 Å². The Balaban J connectivity index is 1.77. The molecule has 168 valence electrons. The van der Waals surface area contributed by atoms with Crippen LogP contribution in [-0.2, 0) is 9.53 Å². The van der Waals surface area contributed by atoms with Gasteiger partial charge in [0.25, 0.3) is 0 Å².